The molecule has 1 aromatic rings. The number of aliphatic hydroxyl groups excluding tert-OH is 2. The van der Waals surface area contributed by atoms with Gasteiger partial charge in [0.1, 0.15) is 6.10 Å². The van der Waals surface area contributed by atoms with Gasteiger partial charge in [-0.2, -0.15) is 0 Å². The van der Waals surface area contributed by atoms with Gasteiger partial charge in [0.25, 0.3) is 0 Å². The highest BCUT2D eigenvalue weighted by Gasteiger charge is 2.76. The molecule has 0 unspecified atom stereocenters. The molecule has 1 spiro atoms. The van der Waals surface area contributed by atoms with Crippen LogP contribution in [0.1, 0.15) is 50.0 Å². The lowest BCUT2D eigenvalue weighted by atomic mass is 9.59. The van der Waals surface area contributed by atoms with Gasteiger partial charge in [-0.05, 0) is 78.3 Å². The predicted octanol–water partition coefficient (Wildman–Crippen LogP) is 3.75. The number of halogens is 1. The Labute approximate surface area is 214 Å². The van der Waals surface area contributed by atoms with Crippen LogP contribution in [0.4, 0.5) is 0 Å². The average molecular weight is 545 g/mol. The third-order valence-corrected chi connectivity index (χ3v) is 10.0. The van der Waals surface area contributed by atoms with Crippen molar-refractivity contribution in [2.45, 2.75) is 58.8 Å². The number of aryl methyl sites for hydroxylation is 1. The van der Waals surface area contributed by atoms with E-state index in [0.717, 1.165) is 4.47 Å². The number of ether oxygens (including phenoxy) is 1. The Balaban J connectivity index is 1.63. The highest BCUT2D eigenvalue weighted by Crippen LogP contribution is 2.71. The summed E-state index contributed by atoms with van der Waals surface area (Å²) in [6.07, 6.45) is 1.33. The summed E-state index contributed by atoms with van der Waals surface area (Å²) in [4.78, 5) is 27.6. The van der Waals surface area contributed by atoms with Crippen molar-refractivity contribution in [1.82, 2.24) is 0 Å². The number of hydrogen-bond acceptors (Lipinski definition) is 6. The van der Waals surface area contributed by atoms with Gasteiger partial charge in [-0.15, -0.1) is 0 Å². The Morgan fingerprint density at radius 3 is 2.57 bits per heavy atom. The van der Waals surface area contributed by atoms with Gasteiger partial charge in [0, 0.05) is 10.4 Å². The number of allylic oxidation sites excluding steroid dienone is 1. The fraction of sp³-hybridized carbons (Fsp3) is 0.571. The van der Waals surface area contributed by atoms with Crippen molar-refractivity contribution < 1.29 is 29.6 Å². The Morgan fingerprint density at radius 2 is 1.94 bits per heavy atom. The standard InChI is InChI=1S/C28H33BrO6/c1-13-8-17(29)6-7-18(13)25(33)35-24-14(2)11-27-15(3)9-20-21(26(20,4)5)19(23(27)32)10-16(12-30)22(31)28(24,27)34/h6-8,10-11,15,19-22,24,30-31,34H,9,12H2,1-5H3/t15-,19+,20-,21+,22-,24+,27+,28+/m1/s1. The third-order valence-electron chi connectivity index (χ3n) is 9.53. The fourth-order valence-corrected chi connectivity index (χ4v) is 8.10. The molecule has 2 saturated carbocycles. The molecule has 188 valence electrons. The maximum absolute atomic E-state index is 14.3. The Morgan fingerprint density at radius 1 is 1.26 bits per heavy atom. The van der Waals surface area contributed by atoms with E-state index < -0.39 is 41.7 Å². The Bertz CT molecular complexity index is 1180. The molecular weight excluding hydrogens is 512 g/mol. The van der Waals surface area contributed by atoms with Gasteiger partial charge >= 0.3 is 5.97 Å². The first-order chi connectivity index (χ1) is 16.3. The Hall–Kier alpha value is -1.80. The number of aliphatic hydroxyl groups is 3. The maximum Gasteiger partial charge on any atom is 0.339 e. The molecule has 0 aliphatic heterocycles. The molecular formula is C28H33BrO6. The van der Waals surface area contributed by atoms with Crippen LogP contribution in [-0.4, -0.2) is 51.5 Å². The minimum atomic E-state index is -2.13. The SMILES string of the molecule is CC1=C[C@]23C(=O)[C@@H](C=C(CO)[C@@H](O)[C@]2(O)[C@H]1OC(=O)c1ccc(Br)cc1C)[C@H]1[C@@H](C[C@H]3C)C1(C)C. The normalized spacial score (nSPS) is 41.1. The minimum Gasteiger partial charge on any atom is -0.451 e. The van der Waals surface area contributed by atoms with E-state index >= 15 is 0 Å². The average Bonchev–Trinajstić information content (AvgIpc) is 3.27. The van der Waals surface area contributed by atoms with Crippen molar-refractivity contribution in [2.24, 2.45) is 34.5 Å². The zero-order chi connectivity index (χ0) is 25.7. The zero-order valence-corrected chi connectivity index (χ0v) is 22.3. The smallest absolute Gasteiger partial charge is 0.339 e. The van der Waals surface area contributed by atoms with Crippen molar-refractivity contribution in [3.8, 4) is 0 Å². The van der Waals surface area contributed by atoms with E-state index in [4.69, 9.17) is 4.74 Å². The van der Waals surface area contributed by atoms with Gasteiger partial charge in [-0.25, -0.2) is 4.79 Å². The molecule has 4 aliphatic rings. The van der Waals surface area contributed by atoms with Crippen molar-refractivity contribution in [3.63, 3.8) is 0 Å². The summed E-state index contributed by atoms with van der Waals surface area (Å²) < 4.78 is 6.75. The lowest BCUT2D eigenvalue weighted by Gasteiger charge is -2.48. The molecule has 35 heavy (non-hydrogen) atoms. The molecule has 4 aliphatic carbocycles. The number of carbonyl (C=O) groups is 2. The van der Waals surface area contributed by atoms with E-state index in [9.17, 15) is 24.9 Å². The van der Waals surface area contributed by atoms with Gasteiger partial charge in [-0.1, -0.05) is 48.9 Å². The van der Waals surface area contributed by atoms with Crippen LogP contribution in [0, 0.1) is 41.4 Å². The maximum atomic E-state index is 14.3. The number of rotatable bonds is 3. The van der Waals surface area contributed by atoms with Crippen LogP contribution < -0.4 is 0 Å². The molecule has 8 atom stereocenters. The fourth-order valence-electron chi connectivity index (χ4n) is 7.62. The lowest BCUT2D eigenvalue weighted by molar-refractivity contribution is -0.190. The summed E-state index contributed by atoms with van der Waals surface area (Å²) in [5, 5.41) is 34.2. The second-order valence-electron chi connectivity index (χ2n) is 11.6. The monoisotopic (exact) mass is 544 g/mol. The van der Waals surface area contributed by atoms with E-state index in [1.54, 1.807) is 44.2 Å². The van der Waals surface area contributed by atoms with Gasteiger partial charge in [-0.3, -0.25) is 4.79 Å². The molecule has 7 heteroatoms. The van der Waals surface area contributed by atoms with Crippen LogP contribution in [-0.2, 0) is 9.53 Å². The predicted molar refractivity (Wildman–Crippen MR) is 133 cm³/mol. The summed E-state index contributed by atoms with van der Waals surface area (Å²) >= 11 is 3.39. The summed E-state index contributed by atoms with van der Waals surface area (Å²) in [6.45, 7) is 9.27. The molecule has 0 radical (unpaired) electrons. The molecule has 6 nitrogen and oxygen atoms in total. The number of carbonyl (C=O) groups excluding carboxylic acids is 2. The van der Waals surface area contributed by atoms with Crippen molar-refractivity contribution in [1.29, 1.82) is 0 Å². The first-order valence-electron chi connectivity index (χ1n) is 12.2. The molecule has 2 fully saturated rings. The number of esters is 1. The van der Waals surface area contributed by atoms with E-state index in [-0.39, 0.29) is 28.6 Å². The summed E-state index contributed by atoms with van der Waals surface area (Å²) in [5.74, 6) is -1.26. The molecule has 3 N–H and O–H groups in total. The second-order valence-corrected chi connectivity index (χ2v) is 12.5. The molecule has 1 aromatic carbocycles. The summed E-state index contributed by atoms with van der Waals surface area (Å²) in [7, 11) is 0. The summed E-state index contributed by atoms with van der Waals surface area (Å²) in [6, 6.07) is 5.18. The second kappa shape index (κ2) is 7.85. The van der Waals surface area contributed by atoms with Crippen molar-refractivity contribution in [3.05, 3.63) is 57.1 Å². The topological polar surface area (TPSA) is 104 Å². The molecule has 0 heterocycles. The highest BCUT2D eigenvalue weighted by atomic mass is 79.9. The third kappa shape index (κ3) is 3.11. The first kappa shape index (κ1) is 24.9. The van der Waals surface area contributed by atoms with Crippen molar-refractivity contribution in [2.75, 3.05) is 6.61 Å². The van der Waals surface area contributed by atoms with Crippen molar-refractivity contribution >= 4 is 27.7 Å². The van der Waals surface area contributed by atoms with E-state index in [1.807, 2.05) is 6.92 Å². The number of hydrogen-bond donors (Lipinski definition) is 3. The molecule has 5 rings (SSSR count). The van der Waals surface area contributed by atoms with Crippen LogP contribution in [0.15, 0.2) is 46.0 Å². The van der Waals surface area contributed by atoms with Crippen LogP contribution in [0.2, 0.25) is 0 Å². The van der Waals surface area contributed by atoms with E-state index in [1.165, 1.54) is 0 Å². The number of fused-ring (bicyclic) bond motifs is 3. The molecule has 0 aromatic heterocycles. The van der Waals surface area contributed by atoms with Gasteiger partial charge in [0.05, 0.1) is 17.6 Å². The number of benzene rings is 1. The van der Waals surface area contributed by atoms with Gasteiger partial charge < -0.3 is 20.1 Å². The highest BCUT2D eigenvalue weighted by molar-refractivity contribution is 9.10. The first-order valence-corrected chi connectivity index (χ1v) is 13.0. The largest absolute Gasteiger partial charge is 0.451 e. The Kier molecular flexibility index (Phi) is 5.58. The van der Waals surface area contributed by atoms with Crippen LogP contribution in [0.3, 0.4) is 0 Å². The van der Waals surface area contributed by atoms with E-state index in [0.29, 0.717) is 29.0 Å². The molecule has 0 amide bonds. The van der Waals surface area contributed by atoms with E-state index in [2.05, 4.69) is 29.8 Å². The lowest BCUT2D eigenvalue weighted by Crippen LogP contribution is -2.65. The van der Waals surface area contributed by atoms with Crippen LogP contribution in [0.25, 0.3) is 0 Å². The van der Waals surface area contributed by atoms with Gasteiger partial charge in [0.15, 0.2) is 17.5 Å². The van der Waals surface area contributed by atoms with Gasteiger partial charge in [0.2, 0.25) is 0 Å². The minimum absolute atomic E-state index is 0.0387. The quantitative estimate of drug-likeness (QED) is 0.395. The zero-order valence-electron chi connectivity index (χ0n) is 20.7. The summed E-state index contributed by atoms with van der Waals surface area (Å²) in [5.41, 5.74) is -1.83. The number of ketones is 1. The molecule has 0 saturated heterocycles. The van der Waals surface area contributed by atoms with Crippen LogP contribution >= 0.6 is 15.9 Å². The number of Topliss-reactive ketones (excluding diaryl/α,β-unsaturated/α-hetero) is 1. The van der Waals surface area contributed by atoms with Crippen LogP contribution in [0.5, 0.6) is 0 Å². The molecule has 2 bridgehead atoms.